The molecule has 2 aromatic heterocycles. The molecule has 1 aliphatic rings. The van der Waals surface area contributed by atoms with E-state index >= 15 is 0 Å². The van der Waals surface area contributed by atoms with Gasteiger partial charge in [-0.05, 0) is 39.0 Å². The first-order valence-corrected chi connectivity index (χ1v) is 13.1. The molecule has 0 radical (unpaired) electrons. The van der Waals surface area contributed by atoms with E-state index in [1.807, 2.05) is 0 Å². The van der Waals surface area contributed by atoms with Gasteiger partial charge in [0.15, 0.2) is 5.65 Å². The summed E-state index contributed by atoms with van der Waals surface area (Å²) in [5, 5.41) is 29.1. The highest BCUT2D eigenvalue weighted by molar-refractivity contribution is 6.08. The number of rotatable bonds is 8. The van der Waals surface area contributed by atoms with Gasteiger partial charge in [0.1, 0.15) is 12.1 Å². The first-order valence-electron chi connectivity index (χ1n) is 13.1. The van der Waals surface area contributed by atoms with E-state index in [2.05, 4.69) is 26.8 Å². The molecule has 43 heavy (non-hydrogen) atoms. The summed E-state index contributed by atoms with van der Waals surface area (Å²) in [6, 6.07) is 9.34. The van der Waals surface area contributed by atoms with Gasteiger partial charge in [-0.1, -0.05) is 12.1 Å². The van der Waals surface area contributed by atoms with Gasteiger partial charge >= 0.3 is 18.3 Å². The number of hydrogen-bond acceptors (Lipinski definition) is 8. The molecule has 3 amide bonds. The minimum atomic E-state index is -4.53. The van der Waals surface area contributed by atoms with Crippen molar-refractivity contribution in [3.8, 4) is 17.3 Å². The molecule has 1 aliphatic heterocycles. The maximum absolute atomic E-state index is 12.4. The predicted octanol–water partition coefficient (Wildman–Crippen LogP) is 4.56. The van der Waals surface area contributed by atoms with Gasteiger partial charge in [0.2, 0.25) is 0 Å². The number of nitrogens with one attached hydrogen (secondary N) is 4. The van der Waals surface area contributed by atoms with Gasteiger partial charge in [0.25, 0.3) is 0 Å². The molecular formula is C28H30F3N9O3. The highest BCUT2D eigenvalue weighted by atomic mass is 19.4. The zero-order valence-corrected chi connectivity index (χ0v) is 23.6. The molecule has 4 N–H and O–H groups in total. The number of nitriles is 1. The smallest absolute Gasteiger partial charge is 0.410 e. The zero-order chi connectivity index (χ0) is 31.4. The number of amides is 3. The van der Waals surface area contributed by atoms with E-state index < -0.39 is 36.0 Å². The molecule has 0 unspecified atom stereocenters. The molecule has 3 aromatic rings. The molecule has 0 bridgehead atoms. The van der Waals surface area contributed by atoms with Crippen LogP contribution in [0.3, 0.4) is 0 Å². The largest absolute Gasteiger partial charge is 0.444 e. The number of benzene rings is 1. The van der Waals surface area contributed by atoms with Gasteiger partial charge in [0, 0.05) is 47.9 Å². The van der Waals surface area contributed by atoms with Gasteiger partial charge in [-0.15, -0.1) is 0 Å². The number of urea groups is 1. The number of allylic oxidation sites excluding steroid dienone is 1. The Morgan fingerprint density at radius 1 is 1.21 bits per heavy atom. The Labute approximate surface area is 245 Å². The Balaban J connectivity index is 1.48. The van der Waals surface area contributed by atoms with Crippen molar-refractivity contribution in [2.75, 3.05) is 25.0 Å². The lowest BCUT2D eigenvalue weighted by molar-refractivity contribution is -0.122. The maximum Gasteiger partial charge on any atom is 0.410 e. The molecule has 1 aromatic carbocycles. The Kier molecular flexibility index (Phi) is 8.60. The van der Waals surface area contributed by atoms with Gasteiger partial charge in [0.05, 0.1) is 36.1 Å². The third kappa shape index (κ3) is 7.79. The van der Waals surface area contributed by atoms with Crippen LogP contribution < -0.4 is 16.0 Å². The number of hydrogen-bond donors (Lipinski definition) is 4. The third-order valence-corrected chi connectivity index (χ3v) is 6.31. The number of nitrogens with zero attached hydrogens (tertiary/aromatic N) is 5. The molecule has 1 saturated heterocycles. The molecule has 226 valence electrons. The van der Waals surface area contributed by atoms with Crippen molar-refractivity contribution in [2.45, 2.75) is 44.5 Å². The lowest BCUT2D eigenvalue weighted by atomic mass is 9.87. The van der Waals surface area contributed by atoms with Crippen LogP contribution >= 0.6 is 0 Å². The Morgan fingerprint density at radius 2 is 1.95 bits per heavy atom. The summed E-state index contributed by atoms with van der Waals surface area (Å²) in [6.07, 6.45) is 0.973. The fourth-order valence-corrected chi connectivity index (χ4v) is 4.33. The fourth-order valence-electron chi connectivity index (χ4n) is 4.33. The van der Waals surface area contributed by atoms with Crippen molar-refractivity contribution in [2.24, 2.45) is 0 Å². The van der Waals surface area contributed by atoms with Crippen LogP contribution in [-0.4, -0.2) is 74.8 Å². The SMILES string of the molecule is CC(C)(C)OC(=O)N1CC(CC#N)(N/C=C(\C=N)c2cnn3c(-c4cccc(NC(=O)NCC(F)(F)F)c4)cnc3c2)C1. The summed E-state index contributed by atoms with van der Waals surface area (Å²) >= 11 is 0. The number of alkyl halides is 3. The minimum Gasteiger partial charge on any atom is -0.444 e. The fraction of sp³-hybridized carbons (Fsp3) is 0.357. The second-order valence-electron chi connectivity index (χ2n) is 11.0. The van der Waals surface area contributed by atoms with Crippen molar-refractivity contribution in [1.82, 2.24) is 30.1 Å². The number of anilines is 1. The molecule has 4 rings (SSSR count). The summed E-state index contributed by atoms with van der Waals surface area (Å²) < 4.78 is 44.1. The lowest BCUT2D eigenvalue weighted by Gasteiger charge is -2.49. The third-order valence-electron chi connectivity index (χ3n) is 6.31. The Morgan fingerprint density at radius 3 is 2.60 bits per heavy atom. The summed E-state index contributed by atoms with van der Waals surface area (Å²) in [6.45, 7) is 4.40. The first kappa shape index (κ1) is 30.8. The molecule has 3 heterocycles. The molecule has 0 atom stereocenters. The number of halogens is 3. The Bertz CT molecular complexity index is 1600. The van der Waals surface area contributed by atoms with Crippen molar-refractivity contribution in [1.29, 1.82) is 10.7 Å². The minimum absolute atomic E-state index is 0.132. The van der Waals surface area contributed by atoms with Gasteiger partial charge < -0.3 is 31.0 Å². The standard InChI is InChI=1S/C28H30F3N9O3/c1-26(2,3)43-25(42)39-16-27(17-39,7-8-32)36-12-20(11-33)19-10-23-34-14-22(40(23)37-13-19)18-5-4-6-21(9-18)38-24(41)35-15-28(29,30)31/h4-6,9-14,33,36H,7,15-17H2,1-3H3,(H2,35,38,41)/b20-12+,33-11?. The average molecular weight is 598 g/mol. The molecule has 0 saturated carbocycles. The van der Waals surface area contributed by atoms with Crippen LogP contribution in [0.4, 0.5) is 28.4 Å². The van der Waals surface area contributed by atoms with Crippen molar-refractivity contribution in [3.63, 3.8) is 0 Å². The van der Waals surface area contributed by atoms with Crippen LogP contribution in [0.1, 0.15) is 32.8 Å². The molecule has 0 spiro atoms. The van der Waals surface area contributed by atoms with E-state index in [4.69, 9.17) is 10.1 Å². The summed E-state index contributed by atoms with van der Waals surface area (Å²) in [5.41, 5.74) is 1.58. The van der Waals surface area contributed by atoms with Crippen LogP contribution in [0.5, 0.6) is 0 Å². The molecule has 0 aliphatic carbocycles. The highest BCUT2D eigenvalue weighted by Crippen LogP contribution is 2.28. The van der Waals surface area contributed by atoms with Gasteiger partial charge in [-0.25, -0.2) is 19.1 Å². The monoisotopic (exact) mass is 597 g/mol. The van der Waals surface area contributed by atoms with E-state index in [-0.39, 0.29) is 25.2 Å². The highest BCUT2D eigenvalue weighted by Gasteiger charge is 2.46. The number of likely N-dealkylation sites (tertiary alicyclic amines) is 1. The van der Waals surface area contributed by atoms with Gasteiger partial charge in [-0.3, -0.25) is 0 Å². The molecule has 12 nitrogen and oxygen atoms in total. The van der Waals surface area contributed by atoms with E-state index in [1.54, 1.807) is 67.3 Å². The number of ether oxygens (including phenoxy) is 1. The van der Waals surface area contributed by atoms with Crippen LogP contribution in [0.15, 0.2) is 48.9 Å². The quantitative estimate of drug-likeness (QED) is 0.277. The average Bonchev–Trinajstić information content (AvgIpc) is 3.32. The van der Waals surface area contributed by atoms with E-state index in [0.29, 0.717) is 28.0 Å². The first-order chi connectivity index (χ1) is 20.2. The lowest BCUT2D eigenvalue weighted by Crippen LogP contribution is -2.69. The number of imidazole rings is 1. The van der Waals surface area contributed by atoms with Crippen molar-refractivity contribution in [3.05, 3.63) is 54.5 Å². The number of carbonyl (C=O) groups is 2. The van der Waals surface area contributed by atoms with Crippen LogP contribution in [0.25, 0.3) is 22.5 Å². The summed E-state index contributed by atoms with van der Waals surface area (Å²) in [4.78, 5) is 30.1. The molecule has 1 fully saturated rings. The van der Waals surface area contributed by atoms with Crippen LogP contribution in [0, 0.1) is 16.7 Å². The second kappa shape index (κ2) is 12.0. The zero-order valence-electron chi connectivity index (χ0n) is 23.6. The molecular weight excluding hydrogens is 567 g/mol. The van der Waals surface area contributed by atoms with Crippen molar-refractivity contribution >= 4 is 35.2 Å². The van der Waals surface area contributed by atoms with E-state index in [1.165, 1.54) is 17.2 Å². The van der Waals surface area contributed by atoms with Crippen molar-refractivity contribution < 1.29 is 27.5 Å². The number of carbonyl (C=O) groups excluding carboxylic acids is 2. The number of aromatic nitrogens is 3. The maximum atomic E-state index is 12.4. The molecule has 15 heteroatoms. The normalized spacial score (nSPS) is 14.8. The van der Waals surface area contributed by atoms with Crippen LogP contribution in [-0.2, 0) is 4.74 Å². The van der Waals surface area contributed by atoms with E-state index in [0.717, 1.165) is 6.21 Å². The van der Waals surface area contributed by atoms with Crippen LogP contribution in [0.2, 0.25) is 0 Å². The predicted molar refractivity (Wildman–Crippen MR) is 152 cm³/mol. The number of fused-ring (bicyclic) bond motifs is 1. The summed E-state index contributed by atoms with van der Waals surface area (Å²) in [5.74, 6) is 0. The Hall–Kier alpha value is -5.13. The second-order valence-corrected chi connectivity index (χ2v) is 11.0. The van der Waals surface area contributed by atoms with Gasteiger partial charge in [-0.2, -0.15) is 23.5 Å². The summed E-state index contributed by atoms with van der Waals surface area (Å²) in [7, 11) is 0. The topological polar surface area (TPSA) is 161 Å². The van der Waals surface area contributed by atoms with E-state index in [9.17, 15) is 28.0 Å².